The van der Waals surface area contributed by atoms with E-state index in [1.165, 1.54) is 17.0 Å². The van der Waals surface area contributed by atoms with E-state index in [2.05, 4.69) is 5.32 Å². The van der Waals surface area contributed by atoms with Crippen LogP contribution in [0.1, 0.15) is 31.4 Å². The maximum Gasteiger partial charge on any atom is 0.264 e. The number of anilines is 1. The number of benzene rings is 3. The molecule has 2 amide bonds. The molecular weight excluding hydrogens is 581 g/mol. The second kappa shape index (κ2) is 13.5. The van der Waals surface area contributed by atoms with Gasteiger partial charge in [0.15, 0.2) is 0 Å². The quantitative estimate of drug-likeness (QED) is 0.285. The molecule has 1 N–H and O–H groups in total. The van der Waals surface area contributed by atoms with Crippen molar-refractivity contribution in [3.8, 4) is 0 Å². The molecule has 1 unspecified atom stereocenters. The summed E-state index contributed by atoms with van der Waals surface area (Å²) in [6.07, 6.45) is 0.283. The van der Waals surface area contributed by atoms with Gasteiger partial charge in [0.05, 0.1) is 10.6 Å². The normalized spacial score (nSPS) is 12.1. The Morgan fingerprint density at radius 1 is 0.923 bits per heavy atom. The Balaban J connectivity index is 2.12. The van der Waals surface area contributed by atoms with Crippen molar-refractivity contribution in [3.05, 3.63) is 92.9 Å². The number of likely N-dealkylation sites (N-methyl/N-ethyl adjacent to an activating group) is 1. The summed E-state index contributed by atoms with van der Waals surface area (Å²) >= 11 is 19.0. The van der Waals surface area contributed by atoms with Gasteiger partial charge in [0.1, 0.15) is 12.6 Å². The van der Waals surface area contributed by atoms with Crippen molar-refractivity contribution < 1.29 is 18.0 Å². The Kier molecular flexibility index (Phi) is 10.7. The molecule has 3 aromatic rings. The first-order valence-electron chi connectivity index (χ1n) is 12.3. The van der Waals surface area contributed by atoms with Crippen LogP contribution in [0.2, 0.25) is 15.1 Å². The Hall–Kier alpha value is -2.78. The minimum absolute atomic E-state index is 0.0172. The summed E-state index contributed by atoms with van der Waals surface area (Å²) in [6.45, 7) is 4.96. The fourth-order valence-corrected chi connectivity index (χ4v) is 6.44. The molecule has 3 aromatic carbocycles. The summed E-state index contributed by atoms with van der Waals surface area (Å²) in [4.78, 5) is 28.4. The van der Waals surface area contributed by atoms with Gasteiger partial charge in [-0.1, -0.05) is 66.0 Å². The lowest BCUT2D eigenvalue weighted by Crippen LogP contribution is -2.52. The Morgan fingerprint density at radius 3 is 2.13 bits per heavy atom. The predicted molar refractivity (Wildman–Crippen MR) is 157 cm³/mol. The van der Waals surface area contributed by atoms with Gasteiger partial charge in [-0.25, -0.2) is 8.42 Å². The summed E-state index contributed by atoms with van der Waals surface area (Å²) in [6, 6.07) is 16.7. The zero-order valence-electron chi connectivity index (χ0n) is 21.8. The highest BCUT2D eigenvalue weighted by atomic mass is 35.5. The summed E-state index contributed by atoms with van der Waals surface area (Å²) in [5.41, 5.74) is 1.31. The lowest BCUT2D eigenvalue weighted by molar-refractivity contribution is -0.140. The van der Waals surface area contributed by atoms with E-state index < -0.39 is 28.5 Å². The second-order valence-corrected chi connectivity index (χ2v) is 11.9. The van der Waals surface area contributed by atoms with Crippen molar-refractivity contribution in [3.63, 3.8) is 0 Å². The van der Waals surface area contributed by atoms with Gasteiger partial charge in [0.2, 0.25) is 11.8 Å². The van der Waals surface area contributed by atoms with Crippen LogP contribution in [0.4, 0.5) is 5.69 Å². The van der Waals surface area contributed by atoms with Crippen LogP contribution in [-0.4, -0.2) is 44.3 Å². The van der Waals surface area contributed by atoms with Crippen molar-refractivity contribution >= 4 is 62.3 Å². The number of hydrogen-bond acceptors (Lipinski definition) is 4. The highest BCUT2D eigenvalue weighted by molar-refractivity contribution is 7.92. The molecule has 0 aliphatic heterocycles. The van der Waals surface area contributed by atoms with E-state index in [0.717, 1.165) is 4.31 Å². The average Bonchev–Trinajstić information content (AvgIpc) is 2.89. The molecular formula is C28H30Cl3N3O4S. The topological polar surface area (TPSA) is 86.8 Å². The third kappa shape index (κ3) is 7.25. The standard InChI is InChI=1S/C28H30Cl3N3O4S/c1-4-25(28(36)32-5-2)33(17-22-23(30)12-9-13-24(22)31)27(35)18-34(26-15-14-20(29)16-19(26)3)39(37,38)21-10-7-6-8-11-21/h6-16,25H,4-5,17-18H2,1-3H3,(H,32,36). The summed E-state index contributed by atoms with van der Waals surface area (Å²) < 4.78 is 28.8. The first-order chi connectivity index (χ1) is 18.5. The maximum atomic E-state index is 14.0. The largest absolute Gasteiger partial charge is 0.355 e. The van der Waals surface area contributed by atoms with E-state index in [-0.39, 0.29) is 23.8 Å². The molecule has 0 aromatic heterocycles. The smallest absolute Gasteiger partial charge is 0.264 e. The van der Waals surface area contributed by atoms with Gasteiger partial charge >= 0.3 is 0 Å². The number of nitrogens with one attached hydrogen (secondary N) is 1. The van der Waals surface area contributed by atoms with Crippen LogP contribution in [-0.2, 0) is 26.2 Å². The number of halogens is 3. The first kappa shape index (κ1) is 30.8. The van der Waals surface area contributed by atoms with E-state index in [1.54, 1.807) is 75.4 Å². The summed E-state index contributed by atoms with van der Waals surface area (Å²) in [5.74, 6) is -0.963. The van der Waals surface area contributed by atoms with Crippen LogP contribution >= 0.6 is 34.8 Å². The molecule has 0 radical (unpaired) electrons. The van der Waals surface area contributed by atoms with Crippen LogP contribution in [0, 0.1) is 6.92 Å². The lowest BCUT2D eigenvalue weighted by atomic mass is 10.1. The van der Waals surface area contributed by atoms with Gasteiger partial charge in [0.25, 0.3) is 10.0 Å². The fourth-order valence-electron chi connectivity index (χ4n) is 4.20. The molecule has 3 rings (SSSR count). The lowest BCUT2D eigenvalue weighted by Gasteiger charge is -2.34. The number of sulfonamides is 1. The van der Waals surface area contributed by atoms with Gasteiger partial charge in [-0.2, -0.15) is 0 Å². The summed E-state index contributed by atoms with van der Waals surface area (Å²) in [7, 11) is -4.18. The Morgan fingerprint density at radius 2 is 1.56 bits per heavy atom. The zero-order chi connectivity index (χ0) is 28.7. The van der Waals surface area contributed by atoms with Gasteiger partial charge in [-0.3, -0.25) is 13.9 Å². The number of amides is 2. The molecule has 0 saturated carbocycles. The van der Waals surface area contributed by atoms with Crippen molar-refractivity contribution in [2.75, 3.05) is 17.4 Å². The van der Waals surface area contributed by atoms with Crippen molar-refractivity contribution in [2.24, 2.45) is 0 Å². The minimum Gasteiger partial charge on any atom is -0.355 e. The van der Waals surface area contributed by atoms with Crippen molar-refractivity contribution in [2.45, 2.75) is 44.7 Å². The SMILES string of the molecule is CCNC(=O)C(CC)N(Cc1c(Cl)cccc1Cl)C(=O)CN(c1ccc(Cl)cc1C)S(=O)(=O)c1ccccc1. The third-order valence-electron chi connectivity index (χ3n) is 6.16. The van der Waals surface area contributed by atoms with E-state index in [4.69, 9.17) is 34.8 Å². The monoisotopic (exact) mass is 609 g/mol. The minimum atomic E-state index is -4.18. The molecule has 1 atom stereocenters. The van der Waals surface area contributed by atoms with Crippen LogP contribution in [0.25, 0.3) is 0 Å². The van der Waals surface area contributed by atoms with Gasteiger partial charge in [-0.05, 0) is 68.3 Å². The molecule has 208 valence electrons. The number of hydrogen-bond donors (Lipinski definition) is 1. The predicted octanol–water partition coefficient (Wildman–Crippen LogP) is 6.09. The van der Waals surface area contributed by atoms with E-state index in [1.807, 2.05) is 0 Å². The van der Waals surface area contributed by atoms with Gasteiger partial charge in [0, 0.05) is 33.7 Å². The third-order valence-corrected chi connectivity index (χ3v) is 8.88. The van der Waals surface area contributed by atoms with Crippen LogP contribution in [0.15, 0.2) is 71.6 Å². The molecule has 7 nitrogen and oxygen atoms in total. The molecule has 0 aliphatic rings. The molecule has 11 heteroatoms. The number of aryl methyl sites for hydroxylation is 1. The highest BCUT2D eigenvalue weighted by Crippen LogP contribution is 2.31. The van der Waals surface area contributed by atoms with Crippen molar-refractivity contribution in [1.82, 2.24) is 10.2 Å². The van der Waals surface area contributed by atoms with Gasteiger partial charge in [-0.15, -0.1) is 0 Å². The van der Waals surface area contributed by atoms with Crippen LogP contribution in [0.3, 0.4) is 0 Å². The molecule has 0 spiro atoms. The van der Waals surface area contributed by atoms with Crippen LogP contribution in [0.5, 0.6) is 0 Å². The van der Waals surface area contributed by atoms with Crippen LogP contribution < -0.4 is 9.62 Å². The molecule has 0 saturated heterocycles. The molecule has 0 aliphatic carbocycles. The number of carbonyl (C=O) groups is 2. The zero-order valence-corrected chi connectivity index (χ0v) is 24.9. The molecule has 39 heavy (non-hydrogen) atoms. The van der Waals surface area contributed by atoms with E-state index in [9.17, 15) is 18.0 Å². The summed E-state index contributed by atoms with van der Waals surface area (Å²) in [5, 5.41) is 3.84. The molecule has 0 bridgehead atoms. The fraction of sp³-hybridized carbons (Fsp3) is 0.286. The number of rotatable bonds is 11. The van der Waals surface area contributed by atoms with Crippen molar-refractivity contribution in [1.29, 1.82) is 0 Å². The van der Waals surface area contributed by atoms with Gasteiger partial charge < -0.3 is 10.2 Å². The van der Waals surface area contributed by atoms with E-state index in [0.29, 0.717) is 38.4 Å². The Bertz CT molecular complexity index is 1410. The highest BCUT2D eigenvalue weighted by Gasteiger charge is 2.34. The maximum absolute atomic E-state index is 14.0. The first-order valence-corrected chi connectivity index (χ1v) is 14.9. The molecule has 0 heterocycles. The molecule has 0 fully saturated rings. The number of carbonyl (C=O) groups excluding carboxylic acids is 2. The average molecular weight is 611 g/mol. The van der Waals surface area contributed by atoms with E-state index >= 15 is 0 Å². The second-order valence-electron chi connectivity index (χ2n) is 8.80. The number of nitrogens with zero attached hydrogens (tertiary/aromatic N) is 2. The Labute approximate surface area is 244 Å².